The molecule has 0 spiro atoms. The molecule has 0 aliphatic carbocycles. The van der Waals surface area contributed by atoms with Crippen LogP contribution in [0.25, 0.3) is 17.3 Å². The lowest BCUT2D eigenvalue weighted by Crippen LogP contribution is -2.15. The number of hydrogen-bond donors (Lipinski definition) is 1. The summed E-state index contributed by atoms with van der Waals surface area (Å²) in [5.74, 6) is 1.95. The van der Waals surface area contributed by atoms with E-state index in [1.807, 2.05) is 60.0 Å². The number of benzene rings is 2. The summed E-state index contributed by atoms with van der Waals surface area (Å²) in [6, 6.07) is 16.9. The summed E-state index contributed by atoms with van der Waals surface area (Å²) >= 11 is 4.73. The number of carbonyl (C=O) groups excluding carboxylic acids is 1. The van der Waals surface area contributed by atoms with Gasteiger partial charge in [0.25, 0.3) is 0 Å². The Bertz CT molecular complexity index is 1190. The lowest BCUT2D eigenvalue weighted by atomic mass is 10.2. The van der Waals surface area contributed by atoms with Crippen LogP contribution in [-0.4, -0.2) is 33.5 Å². The number of furan rings is 1. The van der Waals surface area contributed by atoms with Crippen molar-refractivity contribution in [2.45, 2.75) is 12.1 Å². The number of nitrogens with one attached hydrogen (secondary N) is 1. The number of amides is 1. The largest absolute Gasteiger partial charge is 0.497 e. The van der Waals surface area contributed by atoms with E-state index in [9.17, 15) is 4.79 Å². The van der Waals surface area contributed by atoms with Gasteiger partial charge in [0.15, 0.2) is 10.9 Å². The van der Waals surface area contributed by atoms with Crippen LogP contribution in [0.3, 0.4) is 0 Å². The van der Waals surface area contributed by atoms with Gasteiger partial charge in [0.2, 0.25) is 11.7 Å². The van der Waals surface area contributed by atoms with Gasteiger partial charge in [-0.05, 0) is 67.1 Å². The van der Waals surface area contributed by atoms with Gasteiger partial charge in [-0.1, -0.05) is 27.7 Å². The van der Waals surface area contributed by atoms with Crippen molar-refractivity contribution >= 4 is 39.3 Å². The van der Waals surface area contributed by atoms with Crippen molar-refractivity contribution in [1.82, 2.24) is 14.8 Å². The molecule has 0 aliphatic rings. The molecular formula is C22H19BrN4O3S. The molecule has 0 fully saturated rings. The zero-order valence-corrected chi connectivity index (χ0v) is 19.2. The van der Waals surface area contributed by atoms with E-state index in [1.165, 1.54) is 11.8 Å². The van der Waals surface area contributed by atoms with Crippen LogP contribution >= 0.6 is 27.7 Å². The number of methoxy groups -OCH3 is 1. The molecule has 2 heterocycles. The molecule has 0 saturated heterocycles. The first-order chi connectivity index (χ1) is 15.0. The van der Waals surface area contributed by atoms with Crippen molar-refractivity contribution in [1.29, 1.82) is 0 Å². The summed E-state index contributed by atoms with van der Waals surface area (Å²) in [6.07, 6.45) is 1.59. The van der Waals surface area contributed by atoms with Gasteiger partial charge in [-0.15, -0.1) is 10.2 Å². The molecule has 158 valence electrons. The molecule has 7 nitrogen and oxygen atoms in total. The van der Waals surface area contributed by atoms with Gasteiger partial charge < -0.3 is 14.5 Å². The molecule has 0 unspecified atom stereocenters. The maximum atomic E-state index is 12.6. The third-order valence-electron chi connectivity index (χ3n) is 4.50. The van der Waals surface area contributed by atoms with E-state index >= 15 is 0 Å². The topological polar surface area (TPSA) is 82.2 Å². The average molecular weight is 499 g/mol. The highest BCUT2D eigenvalue weighted by Gasteiger charge is 2.19. The van der Waals surface area contributed by atoms with E-state index in [0.29, 0.717) is 16.7 Å². The molecule has 0 saturated carbocycles. The highest BCUT2D eigenvalue weighted by atomic mass is 79.9. The Hall–Kier alpha value is -3.04. The normalized spacial score (nSPS) is 10.8. The number of rotatable bonds is 7. The SMILES string of the molecule is COc1ccc(-n2c(SCC(=O)Nc3ccc(Br)cc3C)nnc2-c2ccco2)cc1. The zero-order chi connectivity index (χ0) is 21.8. The van der Waals surface area contributed by atoms with Gasteiger partial charge in [-0.2, -0.15) is 0 Å². The summed E-state index contributed by atoms with van der Waals surface area (Å²) in [6.45, 7) is 1.95. The molecule has 0 bridgehead atoms. The van der Waals surface area contributed by atoms with Crippen molar-refractivity contribution in [2.75, 3.05) is 18.2 Å². The third-order valence-corrected chi connectivity index (χ3v) is 5.92. The minimum Gasteiger partial charge on any atom is -0.497 e. The molecule has 2 aromatic carbocycles. The van der Waals surface area contributed by atoms with Crippen LogP contribution in [0.5, 0.6) is 5.75 Å². The molecular weight excluding hydrogens is 480 g/mol. The maximum Gasteiger partial charge on any atom is 0.234 e. The second-order valence-electron chi connectivity index (χ2n) is 6.61. The summed E-state index contributed by atoms with van der Waals surface area (Å²) in [5.41, 5.74) is 2.60. The monoisotopic (exact) mass is 498 g/mol. The highest BCUT2D eigenvalue weighted by Crippen LogP contribution is 2.29. The molecule has 31 heavy (non-hydrogen) atoms. The van der Waals surface area contributed by atoms with E-state index in [2.05, 4.69) is 31.4 Å². The Labute approximate surface area is 191 Å². The molecule has 1 N–H and O–H groups in total. The van der Waals surface area contributed by atoms with E-state index in [-0.39, 0.29) is 11.7 Å². The molecule has 4 aromatic rings. The van der Waals surface area contributed by atoms with Gasteiger partial charge in [0.1, 0.15) is 5.75 Å². The van der Waals surface area contributed by atoms with Crippen molar-refractivity contribution in [2.24, 2.45) is 0 Å². The first-order valence-corrected chi connectivity index (χ1v) is 11.2. The fourth-order valence-corrected chi connectivity index (χ4v) is 4.20. The Morgan fingerprint density at radius 1 is 1.19 bits per heavy atom. The lowest BCUT2D eigenvalue weighted by Gasteiger charge is -2.11. The van der Waals surface area contributed by atoms with E-state index in [4.69, 9.17) is 9.15 Å². The summed E-state index contributed by atoms with van der Waals surface area (Å²) in [4.78, 5) is 12.6. The Kier molecular flexibility index (Phi) is 6.43. The van der Waals surface area contributed by atoms with Crippen molar-refractivity contribution in [3.63, 3.8) is 0 Å². The van der Waals surface area contributed by atoms with Crippen LogP contribution in [0, 0.1) is 6.92 Å². The zero-order valence-electron chi connectivity index (χ0n) is 16.8. The van der Waals surface area contributed by atoms with E-state index in [1.54, 1.807) is 19.4 Å². The number of ether oxygens (including phenoxy) is 1. The molecule has 4 rings (SSSR count). The molecule has 2 aromatic heterocycles. The predicted molar refractivity (Wildman–Crippen MR) is 124 cm³/mol. The number of aromatic nitrogens is 3. The number of hydrogen-bond acceptors (Lipinski definition) is 6. The van der Waals surface area contributed by atoms with Gasteiger partial charge in [0.05, 0.1) is 24.8 Å². The van der Waals surface area contributed by atoms with Crippen molar-refractivity contribution in [3.8, 4) is 23.0 Å². The van der Waals surface area contributed by atoms with E-state index < -0.39 is 0 Å². The van der Waals surface area contributed by atoms with Crippen molar-refractivity contribution in [3.05, 3.63) is 70.9 Å². The summed E-state index contributed by atoms with van der Waals surface area (Å²) in [5, 5.41) is 12.1. The van der Waals surface area contributed by atoms with Gasteiger partial charge in [0, 0.05) is 10.2 Å². The lowest BCUT2D eigenvalue weighted by molar-refractivity contribution is -0.113. The Morgan fingerprint density at radius 2 is 2.00 bits per heavy atom. The standard InChI is InChI=1S/C22H19BrN4O3S/c1-14-12-15(23)5-10-18(14)24-20(28)13-31-22-26-25-21(19-4-3-11-30-19)27(22)16-6-8-17(29-2)9-7-16/h3-12H,13H2,1-2H3,(H,24,28). The average Bonchev–Trinajstić information content (AvgIpc) is 3.44. The van der Waals surface area contributed by atoms with Crippen LogP contribution in [-0.2, 0) is 4.79 Å². The summed E-state index contributed by atoms with van der Waals surface area (Å²) in [7, 11) is 1.62. The smallest absolute Gasteiger partial charge is 0.234 e. The van der Waals surface area contributed by atoms with Crippen LogP contribution in [0.15, 0.2) is 74.9 Å². The van der Waals surface area contributed by atoms with Gasteiger partial charge in [-0.25, -0.2) is 0 Å². The number of nitrogens with zero attached hydrogens (tertiary/aromatic N) is 3. The Morgan fingerprint density at radius 3 is 2.68 bits per heavy atom. The highest BCUT2D eigenvalue weighted by molar-refractivity contribution is 9.10. The number of carbonyl (C=O) groups is 1. The van der Waals surface area contributed by atoms with Crippen LogP contribution < -0.4 is 10.1 Å². The number of thioether (sulfide) groups is 1. The third kappa shape index (κ3) is 4.83. The van der Waals surface area contributed by atoms with Crippen molar-refractivity contribution < 1.29 is 13.9 Å². The number of halogens is 1. The Balaban J connectivity index is 1.57. The first kappa shape index (κ1) is 21.2. The van der Waals surface area contributed by atoms with Crippen LogP contribution in [0.4, 0.5) is 5.69 Å². The minimum atomic E-state index is -0.126. The molecule has 9 heteroatoms. The molecule has 0 aliphatic heterocycles. The second kappa shape index (κ2) is 9.40. The van der Waals surface area contributed by atoms with Gasteiger partial charge >= 0.3 is 0 Å². The maximum absolute atomic E-state index is 12.6. The van der Waals surface area contributed by atoms with Gasteiger partial charge in [-0.3, -0.25) is 9.36 Å². The second-order valence-corrected chi connectivity index (χ2v) is 8.47. The number of aryl methyl sites for hydroxylation is 1. The molecule has 0 radical (unpaired) electrons. The molecule has 0 atom stereocenters. The fourth-order valence-electron chi connectivity index (χ4n) is 2.98. The first-order valence-electron chi connectivity index (χ1n) is 9.37. The molecule has 1 amide bonds. The quantitative estimate of drug-likeness (QED) is 0.346. The fraction of sp³-hybridized carbons (Fsp3) is 0.136. The van der Waals surface area contributed by atoms with E-state index in [0.717, 1.165) is 27.2 Å². The van der Waals surface area contributed by atoms with Crippen LogP contribution in [0.2, 0.25) is 0 Å². The van der Waals surface area contributed by atoms with Crippen LogP contribution in [0.1, 0.15) is 5.56 Å². The predicted octanol–water partition coefficient (Wildman–Crippen LogP) is 5.34. The minimum absolute atomic E-state index is 0.126. The number of anilines is 1. The summed E-state index contributed by atoms with van der Waals surface area (Å²) < 4.78 is 13.6.